The first-order chi connectivity index (χ1) is 69.3. The van der Waals surface area contributed by atoms with Crippen molar-refractivity contribution in [3.63, 3.8) is 0 Å². The van der Waals surface area contributed by atoms with Crippen LogP contribution in [-0.4, -0.2) is 35.4 Å². The van der Waals surface area contributed by atoms with Crippen LogP contribution in [0.5, 0.6) is 46.0 Å². The third kappa shape index (κ3) is 14.9. The Morgan fingerprint density at radius 1 is 0.281 bits per heavy atom. The molecule has 14 nitrogen and oxygen atoms in total. The second-order valence-electron chi connectivity index (χ2n) is 46.7. The van der Waals surface area contributed by atoms with Gasteiger partial charge in [0.05, 0.1) is 33.6 Å². The highest BCUT2D eigenvalue weighted by molar-refractivity contribution is 6.48. The van der Waals surface area contributed by atoms with E-state index in [1.54, 1.807) is 13.8 Å². The Kier molecular flexibility index (Phi) is 21.6. The molecular weight excluding hydrogens is 1800 g/mol. The molecule has 0 saturated carbocycles. The number of nitrogens with one attached hydrogen (secondary N) is 2. The van der Waals surface area contributed by atoms with Crippen molar-refractivity contribution in [3.8, 4) is 46.0 Å². The number of amides is 6. The largest absolute Gasteiger partial charge is 0.457 e. The van der Waals surface area contributed by atoms with Crippen LogP contribution in [0.15, 0.2) is 267 Å². The van der Waals surface area contributed by atoms with Crippen molar-refractivity contribution in [2.24, 2.45) is 23.7 Å². The number of anilines is 4. The lowest BCUT2D eigenvalue weighted by Crippen LogP contribution is -2.42. The molecule has 0 spiro atoms. The number of carbonyl (C=O) groups is 6. The van der Waals surface area contributed by atoms with Gasteiger partial charge in [-0.3, -0.25) is 28.8 Å². The van der Waals surface area contributed by atoms with Crippen molar-refractivity contribution in [2.75, 3.05) is 20.4 Å². The second kappa shape index (κ2) is 33.5. The first-order valence-electron chi connectivity index (χ1n) is 51.4. The number of imide groups is 2. The van der Waals surface area contributed by atoms with Crippen molar-refractivity contribution in [1.82, 2.24) is 0 Å². The quantitative estimate of drug-likeness (QED) is 0.0277. The molecule has 16 aromatic carbocycles. The maximum atomic E-state index is 16.6. The Balaban J connectivity index is 0.677. The van der Waals surface area contributed by atoms with Crippen molar-refractivity contribution >= 4 is 167 Å². The maximum Gasteiger partial charge on any atom is 0.266 e. The highest BCUT2D eigenvalue weighted by atomic mass is 16.5. The van der Waals surface area contributed by atoms with Gasteiger partial charge in [-0.05, 0) is 288 Å². The molecule has 16 aromatic rings. The van der Waals surface area contributed by atoms with Crippen LogP contribution in [0.3, 0.4) is 0 Å². The molecule has 2 aliphatic heterocycles. The van der Waals surface area contributed by atoms with Gasteiger partial charge in [-0.1, -0.05) is 297 Å². The van der Waals surface area contributed by atoms with Gasteiger partial charge >= 0.3 is 0 Å². The summed E-state index contributed by atoms with van der Waals surface area (Å²) in [6, 6.07) is 65.8. The van der Waals surface area contributed by atoms with Crippen LogP contribution in [0.1, 0.15) is 284 Å². The molecule has 0 radical (unpaired) electrons. The molecule has 5 aliphatic carbocycles. The molecule has 14 heteroatoms. The van der Waals surface area contributed by atoms with E-state index in [0.717, 1.165) is 131 Å². The van der Waals surface area contributed by atoms with E-state index in [-0.39, 0.29) is 80.8 Å². The van der Waals surface area contributed by atoms with Crippen molar-refractivity contribution < 1.29 is 47.7 Å². The summed E-state index contributed by atoms with van der Waals surface area (Å²) in [7, 11) is 0. The monoisotopic (exact) mass is 1920 g/mol. The third-order valence-corrected chi connectivity index (χ3v) is 31.3. The van der Waals surface area contributed by atoms with Crippen LogP contribution in [0.25, 0.3) is 108 Å². The van der Waals surface area contributed by atoms with Crippen LogP contribution in [0, 0.1) is 23.7 Å². The number of nitrogens with zero attached hydrogens (tertiary/aromatic N) is 2. The van der Waals surface area contributed by atoms with Gasteiger partial charge in [0.1, 0.15) is 46.0 Å². The summed E-state index contributed by atoms with van der Waals surface area (Å²) in [5.74, 6) is 0.471. The minimum atomic E-state index is -0.498. The van der Waals surface area contributed by atoms with Gasteiger partial charge in [0.2, 0.25) is 0 Å². The molecule has 2 heterocycles. The summed E-state index contributed by atoms with van der Waals surface area (Å²) in [6.07, 6.45) is 19.6. The summed E-state index contributed by atoms with van der Waals surface area (Å²) in [5.41, 5.74) is 19.7. The molecule has 6 amide bonds. The molecule has 2 N–H and O–H groups in total. The number of allylic oxidation sites excluding steroid dienone is 12. The fourth-order valence-electron chi connectivity index (χ4n) is 23.7. The number of hydrogen-bond donors (Lipinski definition) is 2. The second-order valence-corrected chi connectivity index (χ2v) is 46.7. The van der Waals surface area contributed by atoms with Crippen LogP contribution in [0.2, 0.25) is 0 Å². The van der Waals surface area contributed by atoms with E-state index in [2.05, 4.69) is 253 Å². The van der Waals surface area contributed by atoms with Gasteiger partial charge < -0.3 is 29.6 Å². The van der Waals surface area contributed by atoms with E-state index >= 15 is 19.2 Å². The van der Waals surface area contributed by atoms with Gasteiger partial charge in [0, 0.05) is 89.3 Å². The number of ether oxygens (including phenoxy) is 4. The van der Waals surface area contributed by atoms with Crippen LogP contribution < -0.4 is 39.4 Å². The molecule has 23 rings (SSSR count). The average Bonchev–Trinajstić information content (AvgIpc) is 1.00. The summed E-state index contributed by atoms with van der Waals surface area (Å²) in [5, 5.41) is 19.2. The molecule has 0 aromatic heterocycles. The van der Waals surface area contributed by atoms with E-state index in [1.165, 1.54) is 9.80 Å². The number of carbonyl (C=O) groups excluding carboxylic acids is 6. The molecule has 7 aliphatic rings. The molecular formula is C132H120N4O10. The summed E-state index contributed by atoms with van der Waals surface area (Å²) >= 11 is 0. The van der Waals surface area contributed by atoms with Crippen molar-refractivity contribution in [2.45, 2.75) is 198 Å². The smallest absolute Gasteiger partial charge is 0.266 e. The number of rotatable bonds is 18. The van der Waals surface area contributed by atoms with Crippen LogP contribution in [0.4, 0.5) is 22.7 Å². The zero-order valence-electron chi connectivity index (χ0n) is 87.1. The zero-order chi connectivity index (χ0) is 103. The fourth-order valence-corrected chi connectivity index (χ4v) is 23.7. The van der Waals surface area contributed by atoms with E-state index in [4.69, 9.17) is 18.9 Å². The van der Waals surface area contributed by atoms with Gasteiger partial charge in [0.25, 0.3) is 35.4 Å². The van der Waals surface area contributed by atoms with Crippen molar-refractivity contribution in [3.05, 3.63) is 356 Å². The lowest BCUT2D eigenvalue weighted by molar-refractivity contribution is -0.113. The number of benzene rings is 16. The number of fused-ring (bicyclic) bond motifs is 12. The minimum absolute atomic E-state index is 0.0322. The van der Waals surface area contributed by atoms with Gasteiger partial charge in [-0.25, -0.2) is 9.80 Å². The van der Waals surface area contributed by atoms with E-state index in [9.17, 15) is 9.59 Å². The Morgan fingerprint density at radius 3 is 0.692 bits per heavy atom. The molecule has 0 saturated heterocycles. The Bertz CT molecular complexity index is 7800. The topological polar surface area (TPSA) is 170 Å². The van der Waals surface area contributed by atoms with Crippen molar-refractivity contribution in [1.29, 1.82) is 0 Å². The predicted octanol–water partition coefficient (Wildman–Crippen LogP) is 34.2. The zero-order valence-corrected chi connectivity index (χ0v) is 87.1. The molecule has 4 atom stereocenters. The van der Waals surface area contributed by atoms with Gasteiger partial charge in [0.15, 0.2) is 0 Å². The lowest BCUT2D eigenvalue weighted by Gasteiger charge is -2.34. The molecule has 2 unspecified atom stereocenters. The van der Waals surface area contributed by atoms with Gasteiger partial charge in [-0.2, -0.15) is 0 Å². The maximum absolute atomic E-state index is 16.6. The van der Waals surface area contributed by atoms with Gasteiger partial charge in [-0.15, -0.1) is 0 Å². The number of hydrogen-bond acceptors (Lipinski definition) is 10. The van der Waals surface area contributed by atoms with E-state index < -0.39 is 23.6 Å². The Labute approximate surface area is 852 Å². The standard InChI is InChI=1S/C132H120N4O10/c1-65(2)93-57-79(133-123(137)69(9)10)58-94(66(3)4)121(93)135-125(139)101-61-105(143-81-37-29-75(30-38-81)129(13,14)15)115-89-49-45-85-97-53-71-25-27-73-55-99-87-47-51-91-112-92(52-48-88(110(87)112)100(99)56-74(73)28-26-72(71)54-98(97)86-46-50-90(111(89)109(85)86)116-106(62-102(126(135)140)113(101)119(115)116)144-82-39-31-76(32-40-82)130(16,17)18)118-108(146-84-43-35-78(36-44-84)132(22,23)24)64-104-114-103(63-107(117(91)120(114)118)145-83-41-33-77(34-42-83)131(19,20)21)127(141)136(128(104)142)122-95(67(5)6)59-80(60-96(122)68(7)8)134-124(138)70(11)12/h25-68,71-74H,9,11H2,1-8,10,12-24H3,(H,133,137)(H,134,138)/b27-25-,28-26-/t71-,72?,73+,74?. The first kappa shape index (κ1) is 94.1. The van der Waals surface area contributed by atoms with E-state index in [0.29, 0.717) is 146 Å². The highest BCUT2D eigenvalue weighted by Gasteiger charge is 2.46. The molecule has 0 fully saturated rings. The molecule has 146 heavy (non-hydrogen) atoms. The lowest BCUT2D eigenvalue weighted by atomic mass is 9.75. The minimum Gasteiger partial charge on any atom is -0.457 e. The Morgan fingerprint density at radius 2 is 0.493 bits per heavy atom. The molecule has 0 bridgehead atoms. The predicted molar refractivity (Wildman–Crippen MR) is 599 cm³/mol. The van der Waals surface area contributed by atoms with E-state index in [1.807, 2.05) is 152 Å². The molecule has 728 valence electrons. The first-order valence-corrected chi connectivity index (χ1v) is 51.4. The summed E-state index contributed by atoms with van der Waals surface area (Å²) < 4.78 is 29.7. The normalized spacial score (nSPS) is 17.4. The summed E-state index contributed by atoms with van der Waals surface area (Å²) in [6.45, 7) is 53.7. The highest BCUT2D eigenvalue weighted by Crippen LogP contribution is 2.63. The third-order valence-electron chi connectivity index (χ3n) is 31.3. The summed E-state index contributed by atoms with van der Waals surface area (Å²) in [4.78, 5) is 95.8. The Hall–Kier alpha value is -15.5. The van der Waals surface area contributed by atoms with Crippen LogP contribution in [-0.2, 0) is 31.2 Å². The fraction of sp³-hybridized carbons (Fsp3) is 0.258. The average molecular weight is 1920 g/mol. The van der Waals surface area contributed by atoms with Crippen LogP contribution >= 0.6 is 0 Å². The SMILES string of the molecule is C=C(C)C(=O)Nc1cc(C(C)C)c(N2C(=O)c3cc(Oc4ccc(C(C)(C)C)cc4)c4c5ccc6c7c(ccc(c8c(Oc9ccc(C(C)(C)C)cc9)cc(c3c48)C2=O)c75)C2=C[C@@H]3/C=C\[C@@H]4C=C5C(=CC4/C=C\C3C=C26)c2ccc3c4c(Oc6ccc(C(C)(C)C)cc6)cc6c7c(cc(Oc8ccc(C(C)(C)C)cc8)c(c8ccc5c2c38)c74)C(=O)N(c2c(C(C)C)cc(NC(=O)C(=C)C)cc2C(C)C)C6=O)c(C(C)C)c1.